The van der Waals surface area contributed by atoms with Gasteiger partial charge in [-0.3, -0.25) is 4.79 Å². The van der Waals surface area contributed by atoms with E-state index in [4.69, 9.17) is 0 Å². The highest BCUT2D eigenvalue weighted by Crippen LogP contribution is 2.38. The summed E-state index contributed by atoms with van der Waals surface area (Å²) in [6, 6.07) is 0. The fraction of sp³-hybridized carbons (Fsp3) is 0.545. The Labute approximate surface area is 83.6 Å². The Morgan fingerprint density at radius 3 is 2.43 bits per heavy atom. The largest absolute Gasteiger partial charge is 0.293 e. The van der Waals surface area contributed by atoms with Crippen LogP contribution < -0.4 is 0 Å². The van der Waals surface area contributed by atoms with Crippen molar-refractivity contribution < 1.29 is 4.79 Å². The third-order valence-electron chi connectivity index (χ3n) is 2.68. The van der Waals surface area contributed by atoms with E-state index in [1.807, 2.05) is 13.8 Å². The van der Waals surface area contributed by atoms with Gasteiger partial charge in [0.15, 0.2) is 5.78 Å². The van der Waals surface area contributed by atoms with Crippen molar-refractivity contribution in [2.45, 2.75) is 39.5 Å². The highest BCUT2D eigenvalue weighted by molar-refractivity contribution is 5.93. The van der Waals surface area contributed by atoms with E-state index in [9.17, 15) is 4.79 Å². The Morgan fingerprint density at radius 2 is 1.93 bits per heavy atom. The molecular weight excluding hydrogens is 176 g/mol. The predicted molar refractivity (Wildman–Crippen MR) is 53.5 cm³/mol. The van der Waals surface area contributed by atoms with Crippen LogP contribution >= 0.6 is 0 Å². The van der Waals surface area contributed by atoms with Gasteiger partial charge in [-0.05, 0) is 32.3 Å². The molecule has 74 valence electrons. The van der Waals surface area contributed by atoms with Gasteiger partial charge >= 0.3 is 0 Å². The van der Waals surface area contributed by atoms with Gasteiger partial charge in [0, 0.05) is 18.5 Å². The van der Waals surface area contributed by atoms with Crippen LogP contribution in [-0.4, -0.2) is 15.8 Å². The molecular formula is C11H14N2O. The highest BCUT2D eigenvalue weighted by atomic mass is 16.1. The Kier molecular flexibility index (Phi) is 2.10. The van der Waals surface area contributed by atoms with E-state index in [0.29, 0.717) is 11.6 Å². The predicted octanol–water partition coefficient (Wildman–Crippen LogP) is 2.17. The molecule has 0 N–H and O–H groups in total. The number of ketones is 1. The van der Waals surface area contributed by atoms with Gasteiger partial charge in [0.25, 0.3) is 0 Å². The first-order chi connectivity index (χ1) is 6.59. The molecule has 0 unspecified atom stereocenters. The normalized spacial score (nSPS) is 15.6. The lowest BCUT2D eigenvalue weighted by atomic mass is 10.1. The molecule has 0 saturated heterocycles. The lowest BCUT2D eigenvalue weighted by Crippen LogP contribution is -2.08. The zero-order chi connectivity index (χ0) is 10.3. The number of nitrogens with zero attached hydrogens (tertiary/aromatic N) is 2. The van der Waals surface area contributed by atoms with E-state index in [1.54, 1.807) is 6.92 Å². The maximum atomic E-state index is 11.3. The van der Waals surface area contributed by atoms with Crippen LogP contribution in [0.25, 0.3) is 0 Å². The third kappa shape index (κ3) is 1.54. The SMILES string of the molecule is CC(=O)c1nc(C2CC2)nc(C)c1C. The number of Topliss-reactive ketones (excluding diaryl/α,β-unsaturated/α-hetero) is 1. The Hall–Kier alpha value is -1.25. The van der Waals surface area contributed by atoms with Crippen LogP contribution in [0.1, 0.15) is 53.3 Å². The van der Waals surface area contributed by atoms with Gasteiger partial charge in [-0.2, -0.15) is 0 Å². The number of carbonyl (C=O) groups excluding carboxylic acids is 1. The second kappa shape index (κ2) is 3.15. The molecule has 0 aromatic carbocycles. The van der Waals surface area contributed by atoms with Gasteiger partial charge in [0.1, 0.15) is 11.5 Å². The van der Waals surface area contributed by atoms with Crippen molar-refractivity contribution in [3.8, 4) is 0 Å². The van der Waals surface area contributed by atoms with Crippen molar-refractivity contribution in [2.24, 2.45) is 0 Å². The molecule has 1 aliphatic carbocycles. The maximum absolute atomic E-state index is 11.3. The van der Waals surface area contributed by atoms with Crippen LogP contribution in [0.2, 0.25) is 0 Å². The molecule has 3 heteroatoms. The topological polar surface area (TPSA) is 42.9 Å². The molecule has 0 spiro atoms. The van der Waals surface area contributed by atoms with E-state index in [0.717, 1.165) is 17.1 Å². The minimum Gasteiger partial charge on any atom is -0.293 e. The lowest BCUT2D eigenvalue weighted by Gasteiger charge is -2.06. The molecule has 1 aromatic rings. The first-order valence-electron chi connectivity index (χ1n) is 4.95. The molecule has 2 rings (SSSR count). The van der Waals surface area contributed by atoms with Crippen LogP contribution in [0.15, 0.2) is 0 Å². The number of aromatic nitrogens is 2. The highest BCUT2D eigenvalue weighted by Gasteiger charge is 2.28. The Bertz CT molecular complexity index is 395. The zero-order valence-electron chi connectivity index (χ0n) is 8.79. The molecule has 14 heavy (non-hydrogen) atoms. The van der Waals surface area contributed by atoms with Gasteiger partial charge in [-0.1, -0.05) is 0 Å². The fourth-order valence-corrected chi connectivity index (χ4v) is 1.52. The Morgan fingerprint density at radius 1 is 1.29 bits per heavy atom. The summed E-state index contributed by atoms with van der Waals surface area (Å²) in [6.07, 6.45) is 2.33. The second-order valence-electron chi connectivity index (χ2n) is 3.97. The summed E-state index contributed by atoms with van der Waals surface area (Å²) in [4.78, 5) is 20.1. The molecule has 0 atom stereocenters. The lowest BCUT2D eigenvalue weighted by molar-refractivity contribution is 0.101. The van der Waals surface area contributed by atoms with Crippen molar-refractivity contribution in [3.63, 3.8) is 0 Å². The van der Waals surface area contributed by atoms with Crippen molar-refractivity contribution in [1.29, 1.82) is 0 Å². The standard InChI is InChI=1S/C11H14N2O/c1-6-7(2)12-11(9-4-5-9)13-10(6)8(3)14/h9H,4-5H2,1-3H3. The molecule has 3 nitrogen and oxygen atoms in total. The summed E-state index contributed by atoms with van der Waals surface area (Å²) in [5.41, 5.74) is 2.45. The van der Waals surface area contributed by atoms with E-state index in [2.05, 4.69) is 9.97 Å². The monoisotopic (exact) mass is 190 g/mol. The van der Waals surface area contributed by atoms with Crippen molar-refractivity contribution in [1.82, 2.24) is 9.97 Å². The summed E-state index contributed by atoms with van der Waals surface area (Å²) in [7, 11) is 0. The van der Waals surface area contributed by atoms with Crippen LogP contribution in [0.4, 0.5) is 0 Å². The molecule has 1 aromatic heterocycles. The van der Waals surface area contributed by atoms with Crippen LogP contribution in [0.5, 0.6) is 0 Å². The van der Waals surface area contributed by atoms with Crippen LogP contribution in [-0.2, 0) is 0 Å². The third-order valence-corrected chi connectivity index (χ3v) is 2.68. The quantitative estimate of drug-likeness (QED) is 0.671. The number of hydrogen-bond donors (Lipinski definition) is 0. The van der Waals surface area contributed by atoms with Crippen LogP contribution in [0.3, 0.4) is 0 Å². The van der Waals surface area contributed by atoms with Gasteiger partial charge in [0.2, 0.25) is 0 Å². The average molecular weight is 190 g/mol. The number of carbonyl (C=O) groups is 1. The van der Waals surface area contributed by atoms with Gasteiger partial charge < -0.3 is 0 Å². The number of rotatable bonds is 2. The average Bonchev–Trinajstić information content (AvgIpc) is 2.91. The van der Waals surface area contributed by atoms with E-state index in [1.165, 1.54) is 12.8 Å². The summed E-state index contributed by atoms with van der Waals surface area (Å²) in [5.74, 6) is 1.40. The zero-order valence-corrected chi connectivity index (χ0v) is 8.79. The van der Waals surface area contributed by atoms with Crippen molar-refractivity contribution in [3.05, 3.63) is 22.8 Å². The summed E-state index contributed by atoms with van der Waals surface area (Å²) >= 11 is 0. The molecule has 1 saturated carbocycles. The first-order valence-corrected chi connectivity index (χ1v) is 4.95. The van der Waals surface area contributed by atoms with Gasteiger partial charge in [0.05, 0.1) is 0 Å². The summed E-state index contributed by atoms with van der Waals surface area (Å²) < 4.78 is 0. The van der Waals surface area contributed by atoms with E-state index < -0.39 is 0 Å². The minimum absolute atomic E-state index is 0.0369. The fourth-order valence-electron chi connectivity index (χ4n) is 1.52. The van der Waals surface area contributed by atoms with Crippen LogP contribution in [0, 0.1) is 13.8 Å². The van der Waals surface area contributed by atoms with Crippen molar-refractivity contribution >= 4 is 5.78 Å². The molecule has 1 heterocycles. The summed E-state index contributed by atoms with van der Waals surface area (Å²) in [6.45, 7) is 5.41. The van der Waals surface area contributed by atoms with Crippen molar-refractivity contribution in [2.75, 3.05) is 0 Å². The van der Waals surface area contributed by atoms with Gasteiger partial charge in [-0.15, -0.1) is 0 Å². The Balaban J connectivity index is 2.51. The van der Waals surface area contributed by atoms with Gasteiger partial charge in [-0.25, -0.2) is 9.97 Å². The smallest absolute Gasteiger partial charge is 0.178 e. The molecule has 0 bridgehead atoms. The molecule has 0 aliphatic heterocycles. The minimum atomic E-state index is 0.0369. The first kappa shape index (κ1) is 9.31. The molecule has 0 amide bonds. The number of hydrogen-bond acceptors (Lipinski definition) is 3. The number of aryl methyl sites for hydroxylation is 1. The molecule has 1 aliphatic rings. The summed E-state index contributed by atoms with van der Waals surface area (Å²) in [5, 5.41) is 0. The maximum Gasteiger partial charge on any atom is 0.178 e. The molecule has 0 radical (unpaired) electrons. The van der Waals surface area contributed by atoms with E-state index in [-0.39, 0.29) is 5.78 Å². The van der Waals surface area contributed by atoms with E-state index >= 15 is 0 Å². The molecule has 1 fully saturated rings. The second-order valence-corrected chi connectivity index (χ2v) is 3.97.